The van der Waals surface area contributed by atoms with Crippen LogP contribution in [0, 0.1) is 20.8 Å². The maximum atomic E-state index is 6.87. The van der Waals surface area contributed by atoms with E-state index in [4.69, 9.17) is 14.1 Å². The second-order valence-corrected chi connectivity index (χ2v) is 15.9. The average molecular weight is 719 g/mol. The molecule has 0 saturated carbocycles. The number of rotatable bonds is 5. The SMILES string of the molecule is Cc1cc(C)c(N2CN(c3cc(Oc4ccc5c6ccccc6n(-c6cc(C(C)(C)C)ccn6)c5c4)cc4oc5ccccc5c34)c3ccccc32)c(C)c1. The number of aromatic nitrogens is 2. The zero-order valence-electron chi connectivity index (χ0n) is 32.0. The van der Waals surface area contributed by atoms with Gasteiger partial charge in [-0.1, -0.05) is 87.0 Å². The molecule has 1 aliphatic rings. The number of anilines is 4. The third-order valence-corrected chi connectivity index (χ3v) is 11.1. The Labute approximate surface area is 320 Å². The molecule has 6 aromatic carbocycles. The van der Waals surface area contributed by atoms with Crippen molar-refractivity contribution in [2.45, 2.75) is 47.0 Å². The van der Waals surface area contributed by atoms with Crippen molar-refractivity contribution in [3.05, 3.63) is 156 Å². The molecule has 0 saturated heterocycles. The van der Waals surface area contributed by atoms with Crippen LogP contribution in [0.5, 0.6) is 11.5 Å². The summed E-state index contributed by atoms with van der Waals surface area (Å²) in [5, 5.41) is 4.47. The van der Waals surface area contributed by atoms with E-state index >= 15 is 0 Å². The molecule has 0 radical (unpaired) electrons. The minimum absolute atomic E-state index is 0.0115. The lowest BCUT2D eigenvalue weighted by Crippen LogP contribution is -2.25. The molecule has 3 aromatic heterocycles. The molecule has 6 nitrogen and oxygen atoms in total. The first kappa shape index (κ1) is 33.1. The van der Waals surface area contributed by atoms with E-state index < -0.39 is 0 Å². The van der Waals surface area contributed by atoms with Gasteiger partial charge < -0.3 is 19.0 Å². The van der Waals surface area contributed by atoms with Crippen molar-refractivity contribution in [1.29, 1.82) is 0 Å². The van der Waals surface area contributed by atoms with E-state index in [1.54, 1.807) is 0 Å². The molecule has 0 bridgehead atoms. The molecule has 0 N–H and O–H groups in total. The molecule has 0 aliphatic carbocycles. The van der Waals surface area contributed by atoms with E-state index in [0.717, 1.165) is 61.3 Å². The number of benzene rings is 6. The number of ether oxygens (including phenoxy) is 1. The van der Waals surface area contributed by atoms with Crippen LogP contribution in [-0.4, -0.2) is 16.2 Å². The number of hydrogen-bond acceptors (Lipinski definition) is 5. The maximum absolute atomic E-state index is 6.87. The van der Waals surface area contributed by atoms with Crippen molar-refractivity contribution in [2.24, 2.45) is 0 Å². The highest BCUT2D eigenvalue weighted by Gasteiger charge is 2.32. The van der Waals surface area contributed by atoms with Crippen LogP contribution < -0.4 is 14.5 Å². The number of aryl methyl sites for hydroxylation is 3. The molecule has 0 amide bonds. The fourth-order valence-corrected chi connectivity index (χ4v) is 8.69. The fourth-order valence-electron chi connectivity index (χ4n) is 8.69. The summed E-state index contributed by atoms with van der Waals surface area (Å²) in [6.45, 7) is 13.9. The molecule has 1 aliphatic heterocycles. The van der Waals surface area contributed by atoms with Crippen LogP contribution >= 0.6 is 0 Å². The van der Waals surface area contributed by atoms with Gasteiger partial charge in [-0.05, 0) is 91.4 Å². The van der Waals surface area contributed by atoms with Gasteiger partial charge in [-0.15, -0.1) is 0 Å². The second-order valence-electron chi connectivity index (χ2n) is 15.9. The summed E-state index contributed by atoms with van der Waals surface area (Å²) in [5.74, 6) is 2.33. The number of furan rings is 1. The predicted molar refractivity (Wildman–Crippen MR) is 227 cm³/mol. The van der Waals surface area contributed by atoms with Gasteiger partial charge in [-0.2, -0.15) is 0 Å². The smallest absolute Gasteiger partial charge is 0.141 e. The van der Waals surface area contributed by atoms with Crippen molar-refractivity contribution >= 4 is 66.5 Å². The quantitative estimate of drug-likeness (QED) is 0.177. The van der Waals surface area contributed by atoms with E-state index in [-0.39, 0.29) is 5.41 Å². The van der Waals surface area contributed by atoms with Gasteiger partial charge in [0.05, 0.1) is 33.5 Å². The minimum Gasteiger partial charge on any atom is -0.457 e. The molecule has 0 fully saturated rings. The summed E-state index contributed by atoms with van der Waals surface area (Å²) in [6, 6.07) is 44.9. The van der Waals surface area contributed by atoms with E-state index in [2.05, 4.69) is 165 Å². The number of pyridine rings is 1. The number of para-hydroxylation sites is 4. The van der Waals surface area contributed by atoms with E-state index in [0.29, 0.717) is 12.4 Å². The van der Waals surface area contributed by atoms with Crippen LogP contribution in [0.25, 0.3) is 49.6 Å². The van der Waals surface area contributed by atoms with Crippen LogP contribution in [0.1, 0.15) is 43.0 Å². The standard InChI is InChI=1S/C49H42N4O2/c1-30-23-31(2)48(32(3)24-30)52-29-51(40-16-10-11-17-41(40)52)43-27-35(28-45-47(43)38-14-8-12-18-44(38)55-45)54-34-19-20-37-36-13-7-9-15-39(36)53(42(37)26-34)46-25-33(21-22-50-46)49(4,5)6/h7-28H,29H2,1-6H3. The van der Waals surface area contributed by atoms with Crippen LogP contribution in [0.15, 0.2) is 138 Å². The first-order valence-electron chi connectivity index (χ1n) is 19.0. The van der Waals surface area contributed by atoms with Gasteiger partial charge in [-0.3, -0.25) is 4.57 Å². The van der Waals surface area contributed by atoms with Crippen LogP contribution in [0.2, 0.25) is 0 Å². The lowest BCUT2D eigenvalue weighted by Gasteiger charge is -2.26. The Balaban J connectivity index is 1.13. The molecular formula is C49H42N4O2. The Morgan fingerprint density at radius 2 is 1.29 bits per heavy atom. The number of nitrogens with zero attached hydrogens (tertiary/aromatic N) is 4. The van der Waals surface area contributed by atoms with E-state index in [9.17, 15) is 0 Å². The van der Waals surface area contributed by atoms with Crippen LogP contribution in [0.3, 0.4) is 0 Å². The monoisotopic (exact) mass is 718 g/mol. The van der Waals surface area contributed by atoms with Gasteiger partial charge in [0.15, 0.2) is 0 Å². The molecule has 4 heterocycles. The van der Waals surface area contributed by atoms with Crippen LogP contribution in [0.4, 0.5) is 22.7 Å². The highest BCUT2D eigenvalue weighted by molar-refractivity contribution is 6.14. The maximum Gasteiger partial charge on any atom is 0.141 e. The van der Waals surface area contributed by atoms with Gasteiger partial charge in [-0.25, -0.2) is 4.98 Å². The Morgan fingerprint density at radius 3 is 2.07 bits per heavy atom. The summed E-state index contributed by atoms with van der Waals surface area (Å²) in [5.41, 5.74) is 13.4. The zero-order chi connectivity index (χ0) is 37.6. The van der Waals surface area contributed by atoms with Crippen molar-refractivity contribution in [1.82, 2.24) is 9.55 Å². The lowest BCUT2D eigenvalue weighted by atomic mass is 9.88. The second kappa shape index (κ2) is 12.3. The van der Waals surface area contributed by atoms with Gasteiger partial charge >= 0.3 is 0 Å². The molecule has 0 spiro atoms. The lowest BCUT2D eigenvalue weighted by molar-refractivity contribution is 0.483. The molecule has 0 unspecified atom stereocenters. The molecule has 55 heavy (non-hydrogen) atoms. The Morgan fingerprint density at radius 1 is 0.600 bits per heavy atom. The highest BCUT2D eigenvalue weighted by Crippen LogP contribution is 2.50. The minimum atomic E-state index is -0.0115. The van der Waals surface area contributed by atoms with Gasteiger partial charge in [0, 0.05) is 46.2 Å². The summed E-state index contributed by atoms with van der Waals surface area (Å²) in [7, 11) is 0. The average Bonchev–Trinajstić information content (AvgIpc) is 3.84. The van der Waals surface area contributed by atoms with Crippen LogP contribution in [-0.2, 0) is 5.41 Å². The molecule has 10 rings (SSSR count). The van der Waals surface area contributed by atoms with Gasteiger partial charge in [0.2, 0.25) is 0 Å². The Hall–Kier alpha value is -6.53. The third-order valence-electron chi connectivity index (χ3n) is 11.1. The fraction of sp³-hybridized carbons (Fsp3) is 0.163. The zero-order valence-corrected chi connectivity index (χ0v) is 32.0. The first-order valence-corrected chi connectivity index (χ1v) is 19.0. The van der Waals surface area contributed by atoms with Crippen molar-refractivity contribution < 1.29 is 9.15 Å². The highest BCUT2D eigenvalue weighted by atomic mass is 16.5. The summed E-state index contributed by atoms with van der Waals surface area (Å²) in [4.78, 5) is 9.73. The number of fused-ring (bicyclic) bond motifs is 7. The summed E-state index contributed by atoms with van der Waals surface area (Å²) in [6.07, 6.45) is 1.92. The Bertz CT molecular complexity index is 2960. The molecule has 9 aromatic rings. The molecule has 270 valence electrons. The first-order chi connectivity index (χ1) is 26.6. The van der Waals surface area contributed by atoms with E-state index in [1.165, 1.54) is 39.0 Å². The Kier molecular flexibility index (Phi) is 7.37. The normalized spacial score (nSPS) is 13.1. The molecule has 6 heteroatoms. The van der Waals surface area contributed by atoms with E-state index in [1.807, 2.05) is 24.4 Å². The van der Waals surface area contributed by atoms with Crippen molar-refractivity contribution in [2.75, 3.05) is 16.5 Å². The largest absolute Gasteiger partial charge is 0.457 e. The summed E-state index contributed by atoms with van der Waals surface area (Å²) < 4.78 is 15.7. The molecule has 0 atom stereocenters. The number of hydrogen-bond donors (Lipinski definition) is 0. The van der Waals surface area contributed by atoms with Gasteiger partial charge in [0.1, 0.15) is 35.2 Å². The van der Waals surface area contributed by atoms with Crippen molar-refractivity contribution in [3.63, 3.8) is 0 Å². The predicted octanol–water partition coefficient (Wildman–Crippen LogP) is 13.3. The third kappa shape index (κ3) is 5.35. The summed E-state index contributed by atoms with van der Waals surface area (Å²) >= 11 is 0. The molecular weight excluding hydrogens is 677 g/mol. The van der Waals surface area contributed by atoms with Crippen molar-refractivity contribution in [3.8, 4) is 17.3 Å². The topological polar surface area (TPSA) is 46.7 Å². The van der Waals surface area contributed by atoms with Gasteiger partial charge in [0.25, 0.3) is 0 Å².